The Labute approximate surface area is 148 Å². The molecule has 0 aliphatic carbocycles. The molecule has 0 aliphatic heterocycles. The molecule has 2 aromatic carbocycles. The molecule has 0 fully saturated rings. The number of ether oxygens (including phenoxy) is 1. The van der Waals surface area contributed by atoms with Gasteiger partial charge in [-0.05, 0) is 41.6 Å². The van der Waals surface area contributed by atoms with Crippen LogP contribution in [-0.4, -0.2) is 39.5 Å². The fraction of sp³-hybridized carbons (Fsp3) is 0.176. The van der Waals surface area contributed by atoms with Crippen molar-refractivity contribution in [1.29, 1.82) is 0 Å². The van der Waals surface area contributed by atoms with Crippen LogP contribution in [0.4, 0.5) is 14.9 Å². The van der Waals surface area contributed by atoms with E-state index in [1.165, 1.54) is 24.1 Å². The first kappa shape index (κ1) is 17.3. The molecule has 0 aliphatic rings. The number of nitrogens with zero attached hydrogens (tertiary/aromatic N) is 5. The van der Waals surface area contributed by atoms with Crippen molar-refractivity contribution in [2.24, 2.45) is 0 Å². The van der Waals surface area contributed by atoms with Gasteiger partial charge in [0.15, 0.2) is 5.82 Å². The summed E-state index contributed by atoms with van der Waals surface area (Å²) in [5.41, 5.74) is -0.500. The topological polar surface area (TPSA) is 82.2 Å². The van der Waals surface area contributed by atoms with E-state index >= 15 is 0 Å². The molecule has 0 unspecified atom stereocenters. The molecule has 8 nitrogen and oxygen atoms in total. The Hall–Kier alpha value is -3.49. The van der Waals surface area contributed by atoms with Gasteiger partial charge in [0.1, 0.15) is 11.4 Å². The van der Waals surface area contributed by atoms with Crippen LogP contribution in [-0.2, 0) is 0 Å². The molecule has 1 aromatic heterocycles. The molecule has 3 aromatic rings. The van der Waals surface area contributed by atoms with E-state index in [4.69, 9.17) is 4.74 Å². The summed E-state index contributed by atoms with van der Waals surface area (Å²) in [6, 6.07) is 12.2. The molecular formula is C17H16FN5O3. The molecule has 0 bridgehead atoms. The minimum absolute atomic E-state index is 0.0991. The van der Waals surface area contributed by atoms with Crippen LogP contribution in [0.15, 0.2) is 53.3 Å². The molecule has 1 amide bonds. The summed E-state index contributed by atoms with van der Waals surface area (Å²) < 4.78 is 20.5. The number of methoxy groups -OCH3 is 1. The Kier molecular flexibility index (Phi) is 4.78. The summed E-state index contributed by atoms with van der Waals surface area (Å²) in [4.78, 5) is 26.7. The zero-order valence-corrected chi connectivity index (χ0v) is 14.2. The maximum Gasteiger partial charge on any atom is 0.377 e. The molecule has 3 rings (SSSR count). The van der Waals surface area contributed by atoms with Gasteiger partial charge in [0.05, 0.1) is 7.11 Å². The molecule has 26 heavy (non-hydrogen) atoms. The Morgan fingerprint density at radius 2 is 1.88 bits per heavy atom. The molecule has 0 N–H and O–H groups in total. The van der Waals surface area contributed by atoms with Gasteiger partial charge in [0.25, 0.3) is 0 Å². The van der Waals surface area contributed by atoms with Crippen molar-refractivity contribution in [3.63, 3.8) is 0 Å². The number of benzene rings is 2. The van der Waals surface area contributed by atoms with Crippen LogP contribution >= 0.6 is 0 Å². The zero-order chi connectivity index (χ0) is 18.7. The first-order valence-corrected chi connectivity index (χ1v) is 7.83. The zero-order valence-electron chi connectivity index (χ0n) is 14.2. The van der Waals surface area contributed by atoms with E-state index in [1.54, 1.807) is 31.2 Å². The highest BCUT2D eigenvalue weighted by molar-refractivity contribution is 5.92. The van der Waals surface area contributed by atoms with Gasteiger partial charge < -0.3 is 4.74 Å². The number of rotatable bonds is 4. The lowest BCUT2D eigenvalue weighted by Crippen LogP contribution is -2.41. The number of carbonyl (C=O) groups excluding carboxylic acids is 1. The number of hydrogen-bond donors (Lipinski definition) is 0. The van der Waals surface area contributed by atoms with Crippen molar-refractivity contribution in [2.45, 2.75) is 6.92 Å². The predicted molar refractivity (Wildman–Crippen MR) is 92.4 cm³/mol. The highest BCUT2D eigenvalue weighted by Gasteiger charge is 2.24. The van der Waals surface area contributed by atoms with Crippen molar-refractivity contribution >= 4 is 11.7 Å². The molecule has 0 saturated heterocycles. The lowest BCUT2D eigenvalue weighted by atomic mass is 10.3. The minimum Gasteiger partial charge on any atom is -0.494 e. The van der Waals surface area contributed by atoms with Crippen LogP contribution in [0.25, 0.3) is 5.69 Å². The maximum atomic E-state index is 14.2. The van der Waals surface area contributed by atoms with E-state index in [1.807, 2.05) is 6.07 Å². The van der Waals surface area contributed by atoms with Gasteiger partial charge in [0.2, 0.25) is 0 Å². The van der Waals surface area contributed by atoms with E-state index in [0.717, 1.165) is 6.07 Å². The minimum atomic E-state index is -0.896. The molecule has 9 heteroatoms. The molecule has 134 valence electrons. The molecule has 1 heterocycles. The van der Waals surface area contributed by atoms with Gasteiger partial charge in [-0.25, -0.2) is 14.0 Å². The van der Waals surface area contributed by atoms with Crippen molar-refractivity contribution < 1.29 is 13.9 Å². The SMILES string of the molecule is CCN(C(=O)n1nnn(-c2c(F)cccc2OC)c1=O)c1ccccc1. The summed E-state index contributed by atoms with van der Waals surface area (Å²) in [6.07, 6.45) is 0. The summed E-state index contributed by atoms with van der Waals surface area (Å²) in [5, 5.41) is 7.24. The Bertz CT molecular complexity index is 984. The van der Waals surface area contributed by atoms with Crippen LogP contribution in [0.2, 0.25) is 0 Å². The highest BCUT2D eigenvalue weighted by atomic mass is 19.1. The fourth-order valence-electron chi connectivity index (χ4n) is 2.52. The van der Waals surface area contributed by atoms with Crippen LogP contribution in [0.5, 0.6) is 5.75 Å². The second kappa shape index (κ2) is 7.18. The van der Waals surface area contributed by atoms with E-state index in [2.05, 4.69) is 10.4 Å². The third kappa shape index (κ3) is 2.94. The predicted octanol–water partition coefficient (Wildman–Crippen LogP) is 2.07. The third-order valence-electron chi connectivity index (χ3n) is 3.76. The van der Waals surface area contributed by atoms with E-state index in [-0.39, 0.29) is 11.4 Å². The normalized spacial score (nSPS) is 10.6. The largest absolute Gasteiger partial charge is 0.494 e. The fourth-order valence-corrected chi connectivity index (χ4v) is 2.52. The number of carbonyl (C=O) groups is 1. The second-order valence-corrected chi connectivity index (χ2v) is 5.24. The van der Waals surface area contributed by atoms with E-state index in [9.17, 15) is 14.0 Å². The summed E-state index contributed by atoms with van der Waals surface area (Å²) in [6.45, 7) is 2.07. The molecule has 0 radical (unpaired) electrons. The number of tetrazole rings is 1. The summed E-state index contributed by atoms with van der Waals surface area (Å²) in [7, 11) is 1.34. The van der Waals surface area contributed by atoms with Crippen LogP contribution in [0.1, 0.15) is 6.92 Å². The number of halogens is 1. The lowest BCUT2D eigenvalue weighted by molar-refractivity contribution is 0.244. The molecule has 0 spiro atoms. The summed E-state index contributed by atoms with van der Waals surface area (Å²) in [5.74, 6) is -0.622. The number of aromatic nitrogens is 4. The van der Waals surface area contributed by atoms with Crippen molar-refractivity contribution in [3.05, 3.63) is 64.8 Å². The van der Waals surface area contributed by atoms with Crippen molar-refractivity contribution in [3.8, 4) is 11.4 Å². The molecular weight excluding hydrogens is 341 g/mol. The summed E-state index contributed by atoms with van der Waals surface area (Å²) >= 11 is 0. The van der Waals surface area contributed by atoms with Gasteiger partial charge >= 0.3 is 11.7 Å². The van der Waals surface area contributed by atoms with Gasteiger partial charge in [-0.3, -0.25) is 4.90 Å². The van der Waals surface area contributed by atoms with Gasteiger partial charge in [-0.1, -0.05) is 24.3 Å². The van der Waals surface area contributed by atoms with Crippen LogP contribution in [0.3, 0.4) is 0 Å². The number of amides is 1. The van der Waals surface area contributed by atoms with Gasteiger partial charge in [-0.2, -0.15) is 4.68 Å². The van der Waals surface area contributed by atoms with Gasteiger partial charge in [0, 0.05) is 12.2 Å². The Morgan fingerprint density at radius 3 is 2.54 bits per heavy atom. The smallest absolute Gasteiger partial charge is 0.377 e. The first-order valence-electron chi connectivity index (χ1n) is 7.83. The van der Waals surface area contributed by atoms with E-state index < -0.39 is 17.5 Å². The lowest BCUT2D eigenvalue weighted by Gasteiger charge is -2.19. The standard InChI is InChI=1S/C17H16FN5O3/c1-3-21(12-8-5-4-6-9-12)16(24)23-17(25)22(19-20-23)15-13(18)10-7-11-14(15)26-2/h4-11H,3H2,1-2H3. The van der Waals surface area contributed by atoms with Crippen molar-refractivity contribution in [2.75, 3.05) is 18.6 Å². The van der Waals surface area contributed by atoms with Crippen LogP contribution in [0, 0.1) is 5.82 Å². The average Bonchev–Trinajstić information content (AvgIpc) is 3.04. The molecule has 0 saturated carbocycles. The van der Waals surface area contributed by atoms with Crippen molar-refractivity contribution in [1.82, 2.24) is 19.8 Å². The monoisotopic (exact) mass is 357 g/mol. The maximum absolute atomic E-state index is 14.2. The first-order chi connectivity index (χ1) is 12.6. The van der Waals surface area contributed by atoms with Crippen LogP contribution < -0.4 is 15.3 Å². The number of para-hydroxylation sites is 2. The highest BCUT2D eigenvalue weighted by Crippen LogP contribution is 2.23. The quantitative estimate of drug-likeness (QED) is 0.668. The van der Waals surface area contributed by atoms with Gasteiger partial charge in [-0.15, -0.1) is 4.68 Å². The number of hydrogen-bond acceptors (Lipinski definition) is 5. The molecule has 0 atom stereocenters. The Morgan fingerprint density at radius 1 is 1.15 bits per heavy atom. The average molecular weight is 357 g/mol. The third-order valence-corrected chi connectivity index (χ3v) is 3.76. The number of anilines is 1. The second-order valence-electron chi connectivity index (χ2n) is 5.24. The Balaban J connectivity index is 2.05. The van der Waals surface area contributed by atoms with E-state index in [0.29, 0.717) is 21.6 Å².